The number of hydrogen-bond acceptors (Lipinski definition) is 4. The molecule has 8 nitrogen and oxygen atoms in total. The number of benzene rings is 1. The number of hydrogen-bond donors (Lipinski definition) is 0. The van der Waals surface area contributed by atoms with Crippen molar-refractivity contribution < 1.29 is 14.6 Å². The van der Waals surface area contributed by atoms with E-state index in [1.807, 2.05) is 13.8 Å². The number of rotatable bonds is 4. The van der Waals surface area contributed by atoms with Crippen molar-refractivity contribution in [1.29, 1.82) is 0 Å². The second kappa shape index (κ2) is 7.61. The Balaban J connectivity index is 1.84. The second-order valence-corrected chi connectivity index (χ2v) is 8.09. The molecule has 0 aliphatic carbocycles. The van der Waals surface area contributed by atoms with Crippen LogP contribution >= 0.6 is 23.2 Å². The van der Waals surface area contributed by atoms with Crippen LogP contribution in [-0.2, 0) is 4.74 Å². The van der Waals surface area contributed by atoms with Gasteiger partial charge in [0.25, 0.3) is 11.9 Å². The summed E-state index contributed by atoms with van der Waals surface area (Å²) in [4.78, 5) is 27.0. The number of ether oxygens (including phenoxy) is 1. The number of amides is 1. The van der Waals surface area contributed by atoms with Gasteiger partial charge in [-0.1, -0.05) is 29.3 Å². The van der Waals surface area contributed by atoms with E-state index in [2.05, 4.69) is 5.10 Å². The molecule has 146 valence electrons. The summed E-state index contributed by atoms with van der Waals surface area (Å²) in [6.07, 6.45) is 0.833. The molecule has 2 fully saturated rings. The lowest BCUT2D eigenvalue weighted by atomic mass is 9.97. The third kappa shape index (κ3) is 4.34. The molecule has 10 heteroatoms. The Morgan fingerprint density at radius 2 is 2.04 bits per heavy atom. The maximum Gasteiger partial charge on any atom is 0.281 e. The highest BCUT2D eigenvalue weighted by atomic mass is 35.5. The van der Waals surface area contributed by atoms with E-state index in [1.165, 1.54) is 4.90 Å². The van der Waals surface area contributed by atoms with Crippen LogP contribution in [0.1, 0.15) is 30.6 Å². The molecule has 2 saturated heterocycles. The SMILES string of the molecule is CC1(C)CC(CN2CCN(C(=O)c3c(Cl)cccc3Cl)C2=N[N+](=O)[O-])CO1. The van der Waals surface area contributed by atoms with E-state index in [1.54, 1.807) is 23.1 Å². The van der Waals surface area contributed by atoms with Crippen LogP contribution < -0.4 is 0 Å². The fourth-order valence-corrected chi connectivity index (χ4v) is 4.13. The average molecular weight is 415 g/mol. The van der Waals surface area contributed by atoms with Crippen molar-refractivity contribution in [2.24, 2.45) is 11.0 Å². The van der Waals surface area contributed by atoms with Crippen molar-refractivity contribution in [3.63, 3.8) is 0 Å². The van der Waals surface area contributed by atoms with E-state index in [-0.39, 0.29) is 39.6 Å². The molecule has 0 spiro atoms. The van der Waals surface area contributed by atoms with Crippen LogP contribution in [0.5, 0.6) is 0 Å². The highest BCUT2D eigenvalue weighted by Gasteiger charge is 2.39. The van der Waals surface area contributed by atoms with Crippen molar-refractivity contribution >= 4 is 35.1 Å². The lowest BCUT2D eigenvalue weighted by Gasteiger charge is -2.23. The first-order valence-electron chi connectivity index (χ1n) is 8.56. The van der Waals surface area contributed by atoms with Crippen molar-refractivity contribution in [3.8, 4) is 0 Å². The van der Waals surface area contributed by atoms with Crippen molar-refractivity contribution in [2.75, 3.05) is 26.2 Å². The van der Waals surface area contributed by atoms with Gasteiger partial charge in [0.15, 0.2) is 5.03 Å². The summed E-state index contributed by atoms with van der Waals surface area (Å²) in [7, 11) is 0. The summed E-state index contributed by atoms with van der Waals surface area (Å²) in [5.41, 5.74) is -0.102. The predicted molar refractivity (Wildman–Crippen MR) is 102 cm³/mol. The second-order valence-electron chi connectivity index (χ2n) is 7.28. The quantitative estimate of drug-likeness (QED) is 0.557. The van der Waals surface area contributed by atoms with Crippen molar-refractivity contribution in [1.82, 2.24) is 9.80 Å². The lowest BCUT2D eigenvalue weighted by molar-refractivity contribution is -0.486. The Bertz CT molecular complexity index is 779. The molecule has 1 atom stereocenters. The molecular formula is C17H20Cl2N4O4. The zero-order valence-corrected chi connectivity index (χ0v) is 16.5. The van der Waals surface area contributed by atoms with Gasteiger partial charge in [-0.15, -0.1) is 0 Å². The first-order valence-corrected chi connectivity index (χ1v) is 9.31. The zero-order chi connectivity index (χ0) is 19.8. The molecular weight excluding hydrogens is 395 g/mol. The number of hydrazone groups is 1. The summed E-state index contributed by atoms with van der Waals surface area (Å²) in [6.45, 7) is 5.83. The van der Waals surface area contributed by atoms with Crippen LogP contribution in [0.25, 0.3) is 0 Å². The highest BCUT2D eigenvalue weighted by molar-refractivity contribution is 6.40. The summed E-state index contributed by atoms with van der Waals surface area (Å²) in [5.74, 6) is -0.293. The Morgan fingerprint density at radius 1 is 1.37 bits per heavy atom. The maximum absolute atomic E-state index is 13.0. The van der Waals surface area contributed by atoms with E-state index in [9.17, 15) is 14.9 Å². The standard InChI is InChI=1S/C17H20Cl2N4O4/c1-17(2)8-11(10-27-17)9-21-6-7-22(16(21)20-23(25)26)15(24)14-12(18)4-3-5-13(14)19/h3-5,11H,6-10H2,1-2H3. The van der Waals surface area contributed by atoms with Gasteiger partial charge in [0.2, 0.25) is 0 Å². The number of carbonyl (C=O) groups excluding carboxylic acids is 1. The normalized spacial score (nSPS) is 23.3. The summed E-state index contributed by atoms with van der Waals surface area (Å²) in [6, 6.07) is 4.74. The third-order valence-electron chi connectivity index (χ3n) is 4.68. The Kier molecular flexibility index (Phi) is 5.60. The molecule has 0 N–H and O–H groups in total. The zero-order valence-electron chi connectivity index (χ0n) is 15.0. The molecule has 1 unspecified atom stereocenters. The van der Waals surface area contributed by atoms with Crippen molar-refractivity contribution in [2.45, 2.75) is 25.9 Å². The van der Waals surface area contributed by atoms with E-state index < -0.39 is 10.9 Å². The van der Waals surface area contributed by atoms with Gasteiger partial charge in [-0.25, -0.2) is 10.1 Å². The number of nitro groups is 1. The van der Waals surface area contributed by atoms with E-state index in [0.717, 1.165) is 6.42 Å². The molecule has 0 bridgehead atoms. The minimum absolute atomic E-state index is 0.00527. The fourth-order valence-electron chi connectivity index (χ4n) is 3.57. The van der Waals surface area contributed by atoms with E-state index in [0.29, 0.717) is 19.7 Å². The van der Waals surface area contributed by atoms with Gasteiger partial charge in [-0.05, 0) is 32.4 Å². The van der Waals surface area contributed by atoms with Crippen LogP contribution in [0.2, 0.25) is 10.0 Å². The molecule has 0 saturated carbocycles. The molecule has 2 aliphatic heterocycles. The molecule has 1 amide bonds. The molecule has 1 aromatic carbocycles. The van der Waals surface area contributed by atoms with Crippen LogP contribution in [0, 0.1) is 16.0 Å². The Hall–Kier alpha value is -1.90. The molecule has 1 aromatic rings. The fraction of sp³-hybridized carbons (Fsp3) is 0.529. The van der Waals surface area contributed by atoms with Crippen LogP contribution in [0.15, 0.2) is 23.3 Å². The maximum atomic E-state index is 13.0. The van der Waals surface area contributed by atoms with Gasteiger partial charge in [0.05, 0.1) is 27.8 Å². The molecule has 0 aromatic heterocycles. The molecule has 2 aliphatic rings. The average Bonchev–Trinajstić information content (AvgIpc) is 3.10. The number of halogens is 2. The van der Waals surface area contributed by atoms with Gasteiger partial charge >= 0.3 is 0 Å². The van der Waals surface area contributed by atoms with Gasteiger partial charge in [0, 0.05) is 25.6 Å². The summed E-state index contributed by atoms with van der Waals surface area (Å²) in [5, 5.41) is 14.1. The van der Waals surface area contributed by atoms with Gasteiger partial charge < -0.3 is 9.64 Å². The molecule has 2 heterocycles. The third-order valence-corrected chi connectivity index (χ3v) is 5.31. The summed E-state index contributed by atoms with van der Waals surface area (Å²) < 4.78 is 5.74. The van der Waals surface area contributed by atoms with Crippen LogP contribution in [0.4, 0.5) is 0 Å². The summed E-state index contributed by atoms with van der Waals surface area (Å²) >= 11 is 12.3. The number of guanidine groups is 1. The van der Waals surface area contributed by atoms with E-state index in [4.69, 9.17) is 27.9 Å². The monoisotopic (exact) mass is 414 g/mol. The first kappa shape index (κ1) is 19.9. The lowest BCUT2D eigenvalue weighted by Crippen LogP contribution is -2.40. The Morgan fingerprint density at radius 3 is 2.59 bits per heavy atom. The van der Waals surface area contributed by atoms with Crippen molar-refractivity contribution in [3.05, 3.63) is 43.9 Å². The van der Waals surface area contributed by atoms with Gasteiger partial charge in [-0.2, -0.15) is 0 Å². The van der Waals surface area contributed by atoms with Crippen LogP contribution in [0.3, 0.4) is 0 Å². The largest absolute Gasteiger partial charge is 0.375 e. The first-order chi connectivity index (χ1) is 12.7. The molecule has 27 heavy (non-hydrogen) atoms. The molecule has 0 radical (unpaired) electrons. The predicted octanol–water partition coefficient (Wildman–Crippen LogP) is 3.11. The number of nitrogens with zero attached hydrogens (tertiary/aromatic N) is 4. The topological polar surface area (TPSA) is 88.3 Å². The van der Waals surface area contributed by atoms with Gasteiger partial charge in [-0.3, -0.25) is 9.69 Å². The Labute approximate surface area is 166 Å². The van der Waals surface area contributed by atoms with Gasteiger partial charge in [0.1, 0.15) is 5.10 Å². The smallest absolute Gasteiger partial charge is 0.281 e. The van der Waals surface area contributed by atoms with Crippen LogP contribution in [-0.4, -0.2) is 58.5 Å². The van der Waals surface area contributed by atoms with E-state index >= 15 is 0 Å². The number of carbonyl (C=O) groups is 1. The highest BCUT2D eigenvalue weighted by Crippen LogP contribution is 2.31. The minimum atomic E-state index is -0.794. The molecule has 3 rings (SSSR count). The minimum Gasteiger partial charge on any atom is -0.375 e.